The van der Waals surface area contributed by atoms with Crippen molar-refractivity contribution in [1.29, 1.82) is 15.8 Å². The summed E-state index contributed by atoms with van der Waals surface area (Å²) in [6.45, 7) is 0. The molecule has 0 bridgehead atoms. The molecule has 0 radical (unpaired) electrons. The normalized spacial score (nSPS) is 22.0. The highest BCUT2D eigenvalue weighted by Gasteiger charge is 2.53. The third kappa shape index (κ3) is 3.00. The molecule has 146 valence electrons. The summed E-state index contributed by atoms with van der Waals surface area (Å²) in [5, 5.41) is 29.9. The van der Waals surface area contributed by atoms with Crippen molar-refractivity contribution < 1.29 is 4.74 Å². The predicted molar refractivity (Wildman–Crippen MR) is 112 cm³/mol. The number of hydrogen-bond acceptors (Lipinski definition) is 5. The molecular formula is C25H20N4O. The summed E-state index contributed by atoms with van der Waals surface area (Å²) < 4.78 is 5.97. The molecule has 5 nitrogen and oxygen atoms in total. The maximum absolute atomic E-state index is 10.1. The van der Waals surface area contributed by atoms with Crippen molar-refractivity contribution in [2.45, 2.75) is 25.2 Å². The Bertz CT molecular complexity index is 1140. The first-order valence-corrected chi connectivity index (χ1v) is 9.90. The van der Waals surface area contributed by atoms with E-state index in [1.54, 1.807) is 0 Å². The van der Waals surface area contributed by atoms with E-state index in [4.69, 9.17) is 10.5 Å². The number of nitrogens with two attached hydrogens (primary N) is 1. The van der Waals surface area contributed by atoms with Gasteiger partial charge in [-0.25, -0.2) is 0 Å². The zero-order chi connectivity index (χ0) is 21.1. The van der Waals surface area contributed by atoms with Crippen LogP contribution in [0.2, 0.25) is 0 Å². The van der Waals surface area contributed by atoms with E-state index in [0.717, 1.165) is 30.4 Å². The number of benzene rings is 2. The number of fused-ring (bicyclic) bond motifs is 1. The summed E-state index contributed by atoms with van der Waals surface area (Å²) in [5.41, 5.74) is 6.74. The van der Waals surface area contributed by atoms with E-state index < -0.39 is 11.3 Å². The molecule has 2 aromatic rings. The number of rotatable bonds is 3. The van der Waals surface area contributed by atoms with Gasteiger partial charge in [-0.2, -0.15) is 15.8 Å². The number of allylic oxidation sites excluding steroid dienone is 4. The van der Waals surface area contributed by atoms with Gasteiger partial charge >= 0.3 is 0 Å². The molecule has 4 rings (SSSR count). The van der Waals surface area contributed by atoms with Gasteiger partial charge in [0.1, 0.15) is 17.6 Å². The van der Waals surface area contributed by atoms with Crippen molar-refractivity contribution >= 4 is 0 Å². The fraction of sp³-hybridized carbons (Fsp3) is 0.240. The van der Waals surface area contributed by atoms with Gasteiger partial charge in [-0.1, -0.05) is 36.4 Å². The Hall–Kier alpha value is -4.01. The van der Waals surface area contributed by atoms with Gasteiger partial charge < -0.3 is 10.5 Å². The number of hydrogen-bond donors (Lipinski definition) is 1. The van der Waals surface area contributed by atoms with Gasteiger partial charge in [0.05, 0.1) is 23.4 Å². The SMILES string of the molecule is N#CC1=C(N)C(C#N)(C#N)[C@@H](c2cccc(Oc3ccccc3)c2)[C@H]2CCCC=C12. The van der Waals surface area contributed by atoms with Crippen LogP contribution in [-0.2, 0) is 0 Å². The standard InChI is InChI=1S/C25H20N4O/c26-14-22-20-11-4-5-12-21(20)23(25(15-27,16-28)24(22)29)17-7-6-10-19(13-17)30-18-8-2-1-3-9-18/h1-3,6-11,13,21,23H,4-5,12,29H2/t21-,23-/m0/s1. The van der Waals surface area contributed by atoms with Gasteiger partial charge in [0.15, 0.2) is 5.41 Å². The van der Waals surface area contributed by atoms with Crippen LogP contribution in [0.1, 0.15) is 30.7 Å². The summed E-state index contributed by atoms with van der Waals surface area (Å²) in [5.74, 6) is 0.732. The highest BCUT2D eigenvalue weighted by Crippen LogP contribution is 2.56. The quantitative estimate of drug-likeness (QED) is 0.784. The van der Waals surface area contributed by atoms with E-state index in [0.29, 0.717) is 11.5 Å². The molecule has 2 aliphatic rings. The molecule has 0 saturated carbocycles. The number of nitriles is 3. The summed E-state index contributed by atoms with van der Waals surface area (Å²) in [4.78, 5) is 0. The Morgan fingerprint density at radius 2 is 1.70 bits per heavy atom. The zero-order valence-corrected chi connectivity index (χ0v) is 16.4. The molecule has 0 saturated heterocycles. The molecule has 0 fully saturated rings. The van der Waals surface area contributed by atoms with Crippen LogP contribution in [0, 0.1) is 45.3 Å². The van der Waals surface area contributed by atoms with E-state index in [-0.39, 0.29) is 17.2 Å². The third-order valence-corrected chi connectivity index (χ3v) is 6.00. The molecule has 0 aromatic heterocycles. The summed E-state index contributed by atoms with van der Waals surface area (Å²) >= 11 is 0. The second-order valence-corrected chi connectivity index (χ2v) is 7.59. The van der Waals surface area contributed by atoms with Crippen LogP contribution in [0.15, 0.2) is 77.5 Å². The number of ether oxygens (including phenoxy) is 1. The molecule has 2 aromatic carbocycles. The van der Waals surface area contributed by atoms with Crippen LogP contribution in [0.5, 0.6) is 11.5 Å². The van der Waals surface area contributed by atoms with Crippen molar-refractivity contribution in [3.63, 3.8) is 0 Å². The van der Waals surface area contributed by atoms with E-state index >= 15 is 0 Å². The van der Waals surface area contributed by atoms with Crippen LogP contribution in [-0.4, -0.2) is 0 Å². The third-order valence-electron chi connectivity index (χ3n) is 6.00. The molecule has 2 N–H and O–H groups in total. The van der Waals surface area contributed by atoms with Crippen molar-refractivity contribution in [2.75, 3.05) is 0 Å². The van der Waals surface area contributed by atoms with E-state index in [9.17, 15) is 15.8 Å². The zero-order valence-electron chi connectivity index (χ0n) is 16.4. The van der Waals surface area contributed by atoms with Crippen LogP contribution in [0.4, 0.5) is 0 Å². The van der Waals surface area contributed by atoms with Gasteiger partial charge in [0, 0.05) is 5.92 Å². The van der Waals surface area contributed by atoms with Crippen molar-refractivity contribution in [2.24, 2.45) is 17.1 Å². The molecule has 5 heteroatoms. The minimum absolute atomic E-state index is 0.0544. The second kappa shape index (κ2) is 7.78. The molecule has 0 spiro atoms. The van der Waals surface area contributed by atoms with Gasteiger partial charge in [0.2, 0.25) is 0 Å². The lowest BCUT2D eigenvalue weighted by Gasteiger charge is -2.43. The highest BCUT2D eigenvalue weighted by molar-refractivity contribution is 5.59. The van der Waals surface area contributed by atoms with Crippen LogP contribution in [0.3, 0.4) is 0 Å². The Balaban J connectivity index is 1.86. The molecule has 0 aliphatic heterocycles. The molecule has 2 atom stereocenters. The van der Waals surface area contributed by atoms with Crippen molar-refractivity contribution in [3.05, 3.63) is 83.1 Å². The maximum atomic E-state index is 10.1. The summed E-state index contributed by atoms with van der Waals surface area (Å²) in [6, 6.07) is 23.4. The maximum Gasteiger partial charge on any atom is 0.191 e. The van der Waals surface area contributed by atoms with Crippen LogP contribution < -0.4 is 10.5 Å². The molecular weight excluding hydrogens is 372 g/mol. The van der Waals surface area contributed by atoms with Gasteiger partial charge in [0.25, 0.3) is 0 Å². The smallest absolute Gasteiger partial charge is 0.191 e. The van der Waals surface area contributed by atoms with E-state index in [2.05, 4.69) is 18.2 Å². The highest BCUT2D eigenvalue weighted by atomic mass is 16.5. The van der Waals surface area contributed by atoms with Gasteiger partial charge in [-0.15, -0.1) is 0 Å². The number of nitrogens with zero attached hydrogens (tertiary/aromatic N) is 3. The minimum atomic E-state index is -1.60. The Morgan fingerprint density at radius 1 is 0.967 bits per heavy atom. The Kier molecular flexibility index (Phi) is 5.01. The lowest BCUT2D eigenvalue weighted by atomic mass is 9.57. The van der Waals surface area contributed by atoms with E-state index in [1.165, 1.54) is 0 Å². The number of para-hydroxylation sites is 1. The summed E-state index contributed by atoms with van der Waals surface area (Å²) in [6.07, 6.45) is 4.64. The summed E-state index contributed by atoms with van der Waals surface area (Å²) in [7, 11) is 0. The van der Waals surface area contributed by atoms with Crippen LogP contribution in [0.25, 0.3) is 0 Å². The average molecular weight is 392 g/mol. The minimum Gasteiger partial charge on any atom is -0.457 e. The lowest BCUT2D eigenvalue weighted by molar-refractivity contribution is 0.317. The average Bonchev–Trinajstić information content (AvgIpc) is 2.79. The van der Waals surface area contributed by atoms with E-state index in [1.807, 2.05) is 60.7 Å². The molecule has 2 aliphatic carbocycles. The largest absolute Gasteiger partial charge is 0.457 e. The predicted octanol–water partition coefficient (Wildman–Crippen LogP) is 5.07. The first kappa shape index (κ1) is 19.3. The Labute approximate surface area is 175 Å². The fourth-order valence-corrected chi connectivity index (χ4v) is 4.65. The fourth-order valence-electron chi connectivity index (χ4n) is 4.65. The van der Waals surface area contributed by atoms with Crippen LogP contribution >= 0.6 is 0 Å². The first-order chi connectivity index (χ1) is 14.6. The molecule has 30 heavy (non-hydrogen) atoms. The van der Waals surface area contributed by atoms with Crippen molar-refractivity contribution in [3.8, 4) is 29.7 Å². The second-order valence-electron chi connectivity index (χ2n) is 7.59. The lowest BCUT2D eigenvalue weighted by Crippen LogP contribution is -2.42. The molecule has 0 heterocycles. The molecule has 0 unspecified atom stereocenters. The Morgan fingerprint density at radius 3 is 2.40 bits per heavy atom. The monoisotopic (exact) mass is 392 g/mol. The first-order valence-electron chi connectivity index (χ1n) is 9.90. The topological polar surface area (TPSA) is 107 Å². The van der Waals surface area contributed by atoms with Gasteiger partial charge in [-0.05, 0) is 60.6 Å². The molecule has 0 amide bonds. The van der Waals surface area contributed by atoms with Gasteiger partial charge in [-0.3, -0.25) is 0 Å². The van der Waals surface area contributed by atoms with Crippen molar-refractivity contribution in [1.82, 2.24) is 0 Å².